The Morgan fingerprint density at radius 3 is 2.50 bits per heavy atom. The highest BCUT2D eigenvalue weighted by Crippen LogP contribution is 2.30. The summed E-state index contributed by atoms with van der Waals surface area (Å²) in [5.74, 6) is 0. The summed E-state index contributed by atoms with van der Waals surface area (Å²) in [6.07, 6.45) is 6.07. The number of nitrogens with one attached hydrogen (secondary N) is 1. The summed E-state index contributed by atoms with van der Waals surface area (Å²) < 4.78 is 0. The average Bonchev–Trinajstić information content (AvgIpc) is 3.09. The Labute approximate surface area is 98.8 Å². The van der Waals surface area contributed by atoms with Gasteiger partial charge in [0.2, 0.25) is 0 Å². The van der Waals surface area contributed by atoms with Gasteiger partial charge in [0.1, 0.15) is 5.54 Å². The maximum Gasteiger partial charge on any atom is 0.105 e. The third-order valence-corrected chi connectivity index (χ3v) is 3.87. The standard InChI is InChI=1S/C13H23N3/c1-10(16(3)12-6-7-12)8-13(2,9-14)15-11-4-5-11/h10-12,15H,4-8H2,1-3H3. The number of hydrogen-bond acceptors (Lipinski definition) is 3. The number of nitrogens with zero attached hydrogens (tertiary/aromatic N) is 2. The fourth-order valence-electron chi connectivity index (χ4n) is 2.39. The monoisotopic (exact) mass is 221 g/mol. The van der Waals surface area contributed by atoms with Crippen molar-refractivity contribution in [3.8, 4) is 6.07 Å². The summed E-state index contributed by atoms with van der Waals surface area (Å²) in [5, 5.41) is 12.8. The predicted molar refractivity (Wildman–Crippen MR) is 65.0 cm³/mol. The van der Waals surface area contributed by atoms with Gasteiger partial charge < -0.3 is 4.90 Å². The first kappa shape index (κ1) is 11.9. The van der Waals surface area contributed by atoms with Gasteiger partial charge in [0.05, 0.1) is 6.07 Å². The third-order valence-electron chi connectivity index (χ3n) is 3.87. The zero-order valence-electron chi connectivity index (χ0n) is 10.7. The summed E-state index contributed by atoms with van der Waals surface area (Å²) in [6, 6.07) is 4.32. The van der Waals surface area contributed by atoms with Crippen molar-refractivity contribution in [2.24, 2.45) is 0 Å². The second-order valence-corrected chi connectivity index (χ2v) is 5.81. The molecular weight excluding hydrogens is 198 g/mol. The van der Waals surface area contributed by atoms with Crippen LogP contribution < -0.4 is 5.32 Å². The average molecular weight is 221 g/mol. The third kappa shape index (κ3) is 2.96. The number of hydrogen-bond donors (Lipinski definition) is 1. The summed E-state index contributed by atoms with van der Waals surface area (Å²) in [6.45, 7) is 4.28. The smallest absolute Gasteiger partial charge is 0.105 e. The molecule has 16 heavy (non-hydrogen) atoms. The van der Waals surface area contributed by atoms with E-state index in [2.05, 4.69) is 30.3 Å². The van der Waals surface area contributed by atoms with Crippen molar-refractivity contribution in [2.45, 2.75) is 69.6 Å². The summed E-state index contributed by atoms with van der Waals surface area (Å²) >= 11 is 0. The molecule has 0 aromatic rings. The van der Waals surface area contributed by atoms with Crippen LogP contribution in [0.2, 0.25) is 0 Å². The molecule has 0 radical (unpaired) electrons. The maximum absolute atomic E-state index is 9.32. The largest absolute Gasteiger partial charge is 0.301 e. The van der Waals surface area contributed by atoms with Crippen LogP contribution in [0.5, 0.6) is 0 Å². The van der Waals surface area contributed by atoms with Gasteiger partial charge in [-0.05, 0) is 53.0 Å². The molecule has 2 aliphatic rings. The minimum Gasteiger partial charge on any atom is -0.301 e. The van der Waals surface area contributed by atoms with Gasteiger partial charge in [0.25, 0.3) is 0 Å². The molecule has 0 aromatic carbocycles. The SMILES string of the molecule is CC(CC(C)(C#N)NC1CC1)N(C)C1CC1. The molecule has 0 bridgehead atoms. The first-order chi connectivity index (χ1) is 7.54. The van der Waals surface area contributed by atoms with E-state index in [1.807, 2.05) is 6.92 Å². The van der Waals surface area contributed by atoms with Gasteiger partial charge in [-0.2, -0.15) is 5.26 Å². The molecule has 2 atom stereocenters. The Kier molecular flexibility index (Phi) is 3.23. The molecule has 3 nitrogen and oxygen atoms in total. The second-order valence-electron chi connectivity index (χ2n) is 5.81. The molecule has 2 unspecified atom stereocenters. The molecule has 2 saturated carbocycles. The van der Waals surface area contributed by atoms with Crippen molar-refractivity contribution >= 4 is 0 Å². The highest BCUT2D eigenvalue weighted by Gasteiger charge is 2.36. The molecule has 3 heteroatoms. The van der Waals surface area contributed by atoms with E-state index < -0.39 is 0 Å². The number of rotatable bonds is 6. The second kappa shape index (κ2) is 4.35. The highest BCUT2D eigenvalue weighted by atomic mass is 15.2. The summed E-state index contributed by atoms with van der Waals surface area (Å²) in [4.78, 5) is 2.43. The lowest BCUT2D eigenvalue weighted by Crippen LogP contribution is -2.47. The normalized spacial score (nSPS) is 26.2. The van der Waals surface area contributed by atoms with Crippen molar-refractivity contribution in [3.63, 3.8) is 0 Å². The van der Waals surface area contributed by atoms with Gasteiger partial charge in [0.15, 0.2) is 0 Å². The van der Waals surface area contributed by atoms with Crippen molar-refractivity contribution in [3.05, 3.63) is 0 Å². The van der Waals surface area contributed by atoms with Crippen LogP contribution >= 0.6 is 0 Å². The van der Waals surface area contributed by atoms with Gasteiger partial charge >= 0.3 is 0 Å². The molecule has 0 spiro atoms. The fourth-order valence-corrected chi connectivity index (χ4v) is 2.39. The lowest BCUT2D eigenvalue weighted by Gasteiger charge is -2.32. The van der Waals surface area contributed by atoms with E-state index in [0.717, 1.165) is 12.5 Å². The summed E-state index contributed by atoms with van der Waals surface area (Å²) in [5.41, 5.74) is -0.344. The zero-order valence-corrected chi connectivity index (χ0v) is 10.7. The topological polar surface area (TPSA) is 39.1 Å². The van der Waals surface area contributed by atoms with Crippen molar-refractivity contribution in [1.29, 1.82) is 5.26 Å². The Morgan fingerprint density at radius 1 is 1.44 bits per heavy atom. The quantitative estimate of drug-likeness (QED) is 0.744. The van der Waals surface area contributed by atoms with Crippen LogP contribution in [0.4, 0.5) is 0 Å². The molecule has 0 heterocycles. The minimum absolute atomic E-state index is 0.344. The van der Waals surface area contributed by atoms with E-state index in [0.29, 0.717) is 12.1 Å². The van der Waals surface area contributed by atoms with Crippen molar-refractivity contribution < 1.29 is 0 Å². The molecular formula is C13H23N3. The van der Waals surface area contributed by atoms with Crippen molar-refractivity contribution in [2.75, 3.05) is 7.05 Å². The molecule has 2 fully saturated rings. The van der Waals surface area contributed by atoms with E-state index in [1.54, 1.807) is 0 Å². The Hall–Kier alpha value is -0.590. The lowest BCUT2D eigenvalue weighted by atomic mass is 9.94. The van der Waals surface area contributed by atoms with E-state index in [-0.39, 0.29) is 5.54 Å². The van der Waals surface area contributed by atoms with Gasteiger partial charge in [-0.3, -0.25) is 5.32 Å². The highest BCUT2D eigenvalue weighted by molar-refractivity contribution is 5.08. The van der Waals surface area contributed by atoms with Gasteiger partial charge in [-0.1, -0.05) is 0 Å². The zero-order chi connectivity index (χ0) is 11.8. The lowest BCUT2D eigenvalue weighted by molar-refractivity contribution is 0.204. The Morgan fingerprint density at radius 2 is 2.06 bits per heavy atom. The molecule has 0 aliphatic heterocycles. The van der Waals surface area contributed by atoms with Gasteiger partial charge in [0, 0.05) is 18.1 Å². The van der Waals surface area contributed by atoms with Crippen molar-refractivity contribution in [1.82, 2.24) is 10.2 Å². The van der Waals surface area contributed by atoms with Crippen LogP contribution in [0.1, 0.15) is 46.0 Å². The molecule has 1 N–H and O–H groups in total. The predicted octanol–water partition coefficient (Wildman–Crippen LogP) is 1.89. The molecule has 0 aromatic heterocycles. The molecule has 90 valence electrons. The molecule has 2 aliphatic carbocycles. The molecule has 2 rings (SSSR count). The van der Waals surface area contributed by atoms with E-state index in [9.17, 15) is 5.26 Å². The van der Waals surface area contributed by atoms with Gasteiger partial charge in [-0.25, -0.2) is 0 Å². The van der Waals surface area contributed by atoms with E-state index in [4.69, 9.17) is 0 Å². The minimum atomic E-state index is -0.344. The van der Waals surface area contributed by atoms with Crippen LogP contribution in [-0.2, 0) is 0 Å². The number of nitriles is 1. The van der Waals surface area contributed by atoms with Gasteiger partial charge in [-0.15, -0.1) is 0 Å². The Balaban J connectivity index is 1.86. The molecule has 0 saturated heterocycles. The van der Waals surface area contributed by atoms with Crippen LogP contribution in [0, 0.1) is 11.3 Å². The maximum atomic E-state index is 9.32. The first-order valence-electron chi connectivity index (χ1n) is 6.45. The van der Waals surface area contributed by atoms with Crippen LogP contribution in [-0.4, -0.2) is 35.6 Å². The fraction of sp³-hybridized carbons (Fsp3) is 0.923. The Bertz CT molecular complexity index is 288. The van der Waals surface area contributed by atoms with Crippen LogP contribution in [0.15, 0.2) is 0 Å². The van der Waals surface area contributed by atoms with E-state index in [1.165, 1.54) is 25.7 Å². The molecule has 0 amide bonds. The van der Waals surface area contributed by atoms with Crippen LogP contribution in [0.25, 0.3) is 0 Å². The van der Waals surface area contributed by atoms with E-state index >= 15 is 0 Å². The summed E-state index contributed by atoms with van der Waals surface area (Å²) in [7, 11) is 2.19. The first-order valence-corrected chi connectivity index (χ1v) is 6.45. The van der Waals surface area contributed by atoms with Crippen LogP contribution in [0.3, 0.4) is 0 Å².